The Morgan fingerprint density at radius 3 is 2.88 bits per heavy atom. The summed E-state index contributed by atoms with van der Waals surface area (Å²) in [5, 5.41) is 0. The van der Waals surface area contributed by atoms with Crippen LogP contribution in [0.5, 0.6) is 0 Å². The molecule has 16 heavy (non-hydrogen) atoms. The standard InChI is InChI=1S/C13H14BrNO/c1-9-3-2-4-11(13(9)14)12(15)7-10-5-6-16-8-10/h2-6,8,12H,7,15H2,1H3. The summed E-state index contributed by atoms with van der Waals surface area (Å²) in [5.41, 5.74) is 9.66. The van der Waals surface area contributed by atoms with E-state index in [0.29, 0.717) is 0 Å². The van der Waals surface area contributed by atoms with Gasteiger partial charge in [0.25, 0.3) is 0 Å². The van der Waals surface area contributed by atoms with Crippen LogP contribution < -0.4 is 5.73 Å². The summed E-state index contributed by atoms with van der Waals surface area (Å²) in [5.74, 6) is 0. The first kappa shape index (κ1) is 11.4. The van der Waals surface area contributed by atoms with Gasteiger partial charge in [-0.25, -0.2) is 0 Å². The first-order valence-corrected chi connectivity index (χ1v) is 5.99. The highest BCUT2D eigenvalue weighted by Gasteiger charge is 2.12. The van der Waals surface area contributed by atoms with Crippen molar-refractivity contribution in [2.75, 3.05) is 0 Å². The van der Waals surface area contributed by atoms with Crippen LogP contribution in [-0.4, -0.2) is 0 Å². The van der Waals surface area contributed by atoms with Crippen LogP contribution in [0.15, 0.2) is 45.7 Å². The van der Waals surface area contributed by atoms with Gasteiger partial charge in [0.2, 0.25) is 0 Å². The molecule has 0 saturated heterocycles. The fourth-order valence-electron chi connectivity index (χ4n) is 1.73. The van der Waals surface area contributed by atoms with Gasteiger partial charge >= 0.3 is 0 Å². The Balaban J connectivity index is 2.21. The van der Waals surface area contributed by atoms with Crippen molar-refractivity contribution in [1.29, 1.82) is 0 Å². The molecule has 0 saturated carbocycles. The number of furan rings is 1. The molecule has 1 heterocycles. The third-order valence-electron chi connectivity index (χ3n) is 2.66. The molecular formula is C13H14BrNO. The minimum absolute atomic E-state index is 0.00752. The Morgan fingerprint density at radius 2 is 2.19 bits per heavy atom. The molecule has 1 aromatic heterocycles. The van der Waals surface area contributed by atoms with Crippen molar-refractivity contribution in [2.45, 2.75) is 19.4 Å². The molecule has 3 heteroatoms. The molecule has 2 aromatic rings. The van der Waals surface area contributed by atoms with Crippen LogP contribution in [-0.2, 0) is 6.42 Å². The maximum Gasteiger partial charge on any atom is 0.0935 e. The Bertz CT molecular complexity index is 465. The molecule has 1 unspecified atom stereocenters. The van der Waals surface area contributed by atoms with Crippen LogP contribution in [0.3, 0.4) is 0 Å². The molecule has 0 radical (unpaired) electrons. The van der Waals surface area contributed by atoms with Gasteiger partial charge in [0, 0.05) is 10.5 Å². The van der Waals surface area contributed by atoms with Crippen LogP contribution in [0.4, 0.5) is 0 Å². The predicted octanol–water partition coefficient (Wildman–Crippen LogP) is 3.59. The molecule has 0 aliphatic rings. The van der Waals surface area contributed by atoms with E-state index in [1.807, 2.05) is 12.1 Å². The Kier molecular flexibility index (Phi) is 3.46. The van der Waals surface area contributed by atoms with Crippen LogP contribution in [0.2, 0.25) is 0 Å². The van der Waals surface area contributed by atoms with E-state index in [4.69, 9.17) is 10.2 Å². The lowest BCUT2D eigenvalue weighted by Gasteiger charge is -2.14. The van der Waals surface area contributed by atoms with E-state index in [-0.39, 0.29) is 6.04 Å². The van der Waals surface area contributed by atoms with Crippen LogP contribution in [0.1, 0.15) is 22.7 Å². The van der Waals surface area contributed by atoms with Crippen molar-refractivity contribution in [3.8, 4) is 0 Å². The van der Waals surface area contributed by atoms with E-state index >= 15 is 0 Å². The quantitative estimate of drug-likeness (QED) is 0.933. The van der Waals surface area contributed by atoms with Gasteiger partial charge < -0.3 is 10.2 Å². The van der Waals surface area contributed by atoms with Gasteiger partial charge in [0.1, 0.15) is 0 Å². The van der Waals surface area contributed by atoms with Crippen molar-refractivity contribution < 1.29 is 4.42 Å². The first-order valence-electron chi connectivity index (χ1n) is 5.20. The molecule has 0 amide bonds. The van der Waals surface area contributed by atoms with Gasteiger partial charge in [-0.05, 0) is 36.1 Å². The average molecular weight is 280 g/mol. The summed E-state index contributed by atoms with van der Waals surface area (Å²) in [6.45, 7) is 2.07. The smallest absolute Gasteiger partial charge is 0.0935 e. The lowest BCUT2D eigenvalue weighted by Crippen LogP contribution is -2.13. The van der Waals surface area contributed by atoms with Gasteiger partial charge in [0.05, 0.1) is 12.5 Å². The van der Waals surface area contributed by atoms with Crippen molar-refractivity contribution in [3.05, 3.63) is 58.0 Å². The minimum atomic E-state index is -0.00752. The maximum atomic E-state index is 6.18. The topological polar surface area (TPSA) is 39.2 Å². The van der Waals surface area contributed by atoms with Crippen LogP contribution in [0, 0.1) is 6.92 Å². The number of nitrogens with two attached hydrogens (primary N) is 1. The van der Waals surface area contributed by atoms with Gasteiger partial charge in [-0.1, -0.05) is 34.1 Å². The molecule has 2 N–H and O–H groups in total. The van der Waals surface area contributed by atoms with Crippen LogP contribution in [0.25, 0.3) is 0 Å². The van der Waals surface area contributed by atoms with E-state index in [0.717, 1.165) is 22.0 Å². The summed E-state index contributed by atoms with van der Waals surface area (Å²) in [6.07, 6.45) is 4.20. The largest absolute Gasteiger partial charge is 0.472 e. The van der Waals surface area contributed by atoms with Crippen molar-refractivity contribution in [3.63, 3.8) is 0 Å². The van der Waals surface area contributed by atoms with Gasteiger partial charge in [0.15, 0.2) is 0 Å². The van der Waals surface area contributed by atoms with Crippen molar-refractivity contribution >= 4 is 15.9 Å². The van der Waals surface area contributed by atoms with E-state index in [1.54, 1.807) is 12.5 Å². The van der Waals surface area contributed by atoms with E-state index < -0.39 is 0 Å². The molecule has 2 nitrogen and oxygen atoms in total. The molecule has 0 bridgehead atoms. The second-order valence-electron chi connectivity index (χ2n) is 3.92. The highest BCUT2D eigenvalue weighted by Crippen LogP contribution is 2.27. The van der Waals surface area contributed by atoms with Gasteiger partial charge in [-0.3, -0.25) is 0 Å². The molecule has 0 aliphatic carbocycles. The summed E-state index contributed by atoms with van der Waals surface area (Å²) in [7, 11) is 0. The zero-order chi connectivity index (χ0) is 11.5. The maximum absolute atomic E-state index is 6.18. The number of hydrogen-bond acceptors (Lipinski definition) is 2. The highest BCUT2D eigenvalue weighted by molar-refractivity contribution is 9.10. The third-order valence-corrected chi connectivity index (χ3v) is 3.74. The number of halogens is 1. The zero-order valence-electron chi connectivity index (χ0n) is 9.11. The van der Waals surface area contributed by atoms with Crippen molar-refractivity contribution in [1.82, 2.24) is 0 Å². The van der Waals surface area contributed by atoms with E-state index in [1.165, 1.54) is 5.56 Å². The van der Waals surface area contributed by atoms with E-state index in [2.05, 4.69) is 35.0 Å². The third kappa shape index (κ3) is 2.36. The fraction of sp³-hybridized carbons (Fsp3) is 0.231. The lowest BCUT2D eigenvalue weighted by molar-refractivity contribution is 0.561. The average Bonchev–Trinajstić information content (AvgIpc) is 2.74. The molecule has 0 fully saturated rings. The predicted molar refractivity (Wildman–Crippen MR) is 68.2 cm³/mol. The Hall–Kier alpha value is -1.06. The van der Waals surface area contributed by atoms with Gasteiger partial charge in [-0.15, -0.1) is 0 Å². The van der Waals surface area contributed by atoms with Crippen LogP contribution >= 0.6 is 15.9 Å². The Morgan fingerprint density at radius 1 is 1.38 bits per heavy atom. The molecule has 2 rings (SSSR count). The van der Waals surface area contributed by atoms with Crippen molar-refractivity contribution in [2.24, 2.45) is 5.73 Å². The van der Waals surface area contributed by atoms with Gasteiger partial charge in [-0.2, -0.15) is 0 Å². The Labute approximate surface area is 104 Å². The summed E-state index contributed by atoms with van der Waals surface area (Å²) in [6, 6.07) is 8.10. The highest BCUT2D eigenvalue weighted by atomic mass is 79.9. The second kappa shape index (κ2) is 4.85. The minimum Gasteiger partial charge on any atom is -0.472 e. The fourth-order valence-corrected chi connectivity index (χ4v) is 2.29. The summed E-state index contributed by atoms with van der Waals surface area (Å²) < 4.78 is 6.14. The van der Waals surface area contributed by atoms with E-state index in [9.17, 15) is 0 Å². The molecule has 84 valence electrons. The number of rotatable bonds is 3. The molecular weight excluding hydrogens is 266 g/mol. The first-order chi connectivity index (χ1) is 7.68. The summed E-state index contributed by atoms with van der Waals surface area (Å²) >= 11 is 3.58. The monoisotopic (exact) mass is 279 g/mol. The second-order valence-corrected chi connectivity index (χ2v) is 4.71. The molecule has 0 aliphatic heterocycles. The molecule has 1 aromatic carbocycles. The molecule has 1 atom stereocenters. The molecule has 0 spiro atoms. The normalized spacial score (nSPS) is 12.7. The number of aryl methyl sites for hydroxylation is 1. The number of benzene rings is 1. The lowest BCUT2D eigenvalue weighted by atomic mass is 10.00. The summed E-state index contributed by atoms with van der Waals surface area (Å²) in [4.78, 5) is 0. The SMILES string of the molecule is Cc1cccc(C(N)Cc2ccoc2)c1Br. The zero-order valence-corrected chi connectivity index (χ0v) is 10.7. The number of hydrogen-bond donors (Lipinski definition) is 1.